The molecule has 1 aliphatic heterocycles. The second-order valence-corrected chi connectivity index (χ2v) is 11.7. The lowest BCUT2D eigenvalue weighted by Gasteiger charge is -2.31. The molecule has 2 atom stereocenters. The van der Waals surface area contributed by atoms with E-state index in [1.165, 1.54) is 4.31 Å². The fourth-order valence-electron chi connectivity index (χ4n) is 4.38. The largest absolute Gasteiger partial charge is 0.497 e. The monoisotopic (exact) mass is 508 g/mol. The highest BCUT2D eigenvalue weighted by Gasteiger charge is 2.47. The van der Waals surface area contributed by atoms with Gasteiger partial charge in [0.15, 0.2) is 0 Å². The number of methoxy groups -OCH3 is 1. The van der Waals surface area contributed by atoms with E-state index in [0.717, 1.165) is 22.4 Å². The number of aryl methyl sites for hydroxylation is 1. The fraction of sp³-hybridized carbons (Fsp3) is 0.321. The Hall–Kier alpha value is -3.36. The number of nitrogens with zero attached hydrogens (tertiary/aromatic N) is 1. The zero-order valence-corrected chi connectivity index (χ0v) is 22.0. The quantitative estimate of drug-likeness (QED) is 0.419. The third-order valence-electron chi connectivity index (χ3n) is 5.98. The second kappa shape index (κ2) is 9.95. The molecule has 1 aliphatic rings. The molecule has 3 aromatic rings. The van der Waals surface area contributed by atoms with Gasteiger partial charge in [0, 0.05) is 5.69 Å². The van der Waals surface area contributed by atoms with Crippen LogP contribution in [-0.4, -0.2) is 31.4 Å². The lowest BCUT2D eigenvalue weighted by molar-refractivity contribution is -0.155. The van der Waals surface area contributed by atoms with Crippen molar-refractivity contribution in [3.8, 4) is 5.75 Å². The van der Waals surface area contributed by atoms with E-state index in [1.807, 2.05) is 43.3 Å². The number of anilines is 1. The summed E-state index contributed by atoms with van der Waals surface area (Å²) in [7, 11) is -2.42. The van der Waals surface area contributed by atoms with Crippen molar-refractivity contribution in [2.75, 3.05) is 12.4 Å². The molecule has 7 nitrogen and oxygen atoms in total. The van der Waals surface area contributed by atoms with Crippen LogP contribution in [0.3, 0.4) is 0 Å². The van der Waals surface area contributed by atoms with Gasteiger partial charge in [-0.15, -0.1) is 0 Å². The van der Waals surface area contributed by atoms with Crippen molar-refractivity contribution in [2.45, 2.75) is 56.8 Å². The smallest absolute Gasteiger partial charge is 0.308 e. The zero-order chi connectivity index (χ0) is 26.1. The summed E-state index contributed by atoms with van der Waals surface area (Å²) in [5, 5.41) is 3.38. The van der Waals surface area contributed by atoms with E-state index in [0.29, 0.717) is 5.75 Å². The maximum atomic E-state index is 14.1. The van der Waals surface area contributed by atoms with Gasteiger partial charge >= 0.3 is 5.97 Å². The molecule has 0 unspecified atom stereocenters. The summed E-state index contributed by atoms with van der Waals surface area (Å²) in [5.41, 5.74) is 2.55. The molecule has 0 radical (unpaired) electrons. The molecule has 0 amide bonds. The average Bonchev–Trinajstić information content (AvgIpc) is 3.12. The highest BCUT2D eigenvalue weighted by molar-refractivity contribution is 7.89. The number of rotatable bonds is 7. The molecule has 0 saturated heterocycles. The van der Waals surface area contributed by atoms with Gasteiger partial charge in [-0.2, -0.15) is 4.31 Å². The lowest BCUT2D eigenvalue weighted by Crippen LogP contribution is -2.38. The number of hydrogen-bond acceptors (Lipinski definition) is 6. The van der Waals surface area contributed by atoms with Crippen molar-refractivity contribution in [2.24, 2.45) is 0 Å². The van der Waals surface area contributed by atoms with E-state index in [1.54, 1.807) is 64.3 Å². The molecule has 0 fully saturated rings. The van der Waals surface area contributed by atoms with Gasteiger partial charge in [-0.1, -0.05) is 42.0 Å². The van der Waals surface area contributed by atoms with E-state index in [-0.39, 0.29) is 11.3 Å². The van der Waals surface area contributed by atoms with Crippen LogP contribution >= 0.6 is 0 Å². The van der Waals surface area contributed by atoms with Gasteiger partial charge in [0.25, 0.3) is 0 Å². The summed E-state index contributed by atoms with van der Waals surface area (Å²) in [6.45, 7) is 7.29. The third-order valence-corrected chi connectivity index (χ3v) is 7.87. The van der Waals surface area contributed by atoms with Crippen LogP contribution < -0.4 is 10.1 Å². The van der Waals surface area contributed by atoms with Crippen LogP contribution in [0, 0.1) is 6.92 Å². The van der Waals surface area contributed by atoms with Gasteiger partial charge in [-0.05, 0) is 75.2 Å². The summed E-state index contributed by atoms with van der Waals surface area (Å²) in [5.74, 6) is 0.232. The number of esters is 1. The number of fused-ring (bicyclic) bond motifs is 1. The highest BCUT2D eigenvalue weighted by atomic mass is 32.2. The van der Waals surface area contributed by atoms with Gasteiger partial charge in [0.2, 0.25) is 10.0 Å². The van der Waals surface area contributed by atoms with Crippen molar-refractivity contribution < 1.29 is 22.7 Å². The predicted molar refractivity (Wildman–Crippen MR) is 139 cm³/mol. The molecule has 36 heavy (non-hydrogen) atoms. The first-order chi connectivity index (χ1) is 17.0. The van der Waals surface area contributed by atoms with E-state index >= 15 is 0 Å². The Morgan fingerprint density at radius 2 is 1.56 bits per heavy atom. The van der Waals surface area contributed by atoms with E-state index in [2.05, 4.69) is 5.32 Å². The second-order valence-electron chi connectivity index (χ2n) is 9.86. The van der Waals surface area contributed by atoms with E-state index < -0.39 is 33.8 Å². The molecule has 1 heterocycles. The minimum Gasteiger partial charge on any atom is -0.497 e. The molecule has 1 N–H and O–H groups in total. The maximum Gasteiger partial charge on any atom is 0.308 e. The third kappa shape index (κ3) is 5.39. The summed E-state index contributed by atoms with van der Waals surface area (Å²) >= 11 is 0. The summed E-state index contributed by atoms with van der Waals surface area (Å²) in [6.07, 6.45) is -0.839. The Morgan fingerprint density at radius 3 is 2.14 bits per heavy atom. The van der Waals surface area contributed by atoms with E-state index in [9.17, 15) is 13.2 Å². The van der Waals surface area contributed by atoms with Crippen molar-refractivity contribution in [1.82, 2.24) is 4.31 Å². The van der Waals surface area contributed by atoms with Gasteiger partial charge < -0.3 is 14.8 Å². The minimum absolute atomic E-state index is 0.111. The van der Waals surface area contributed by atoms with Crippen molar-refractivity contribution in [1.29, 1.82) is 0 Å². The molecule has 3 aromatic carbocycles. The minimum atomic E-state index is -4.01. The summed E-state index contributed by atoms with van der Waals surface area (Å²) < 4.78 is 40.4. The first kappa shape index (κ1) is 25.7. The Kier molecular flexibility index (Phi) is 7.11. The molecular formula is C28H32N2O5S. The number of carbonyl (C=O) groups excluding carboxylic acids is 1. The number of carbonyl (C=O) groups is 1. The van der Waals surface area contributed by atoms with Gasteiger partial charge in [0.05, 0.1) is 24.5 Å². The van der Waals surface area contributed by atoms with Gasteiger partial charge in [-0.3, -0.25) is 4.79 Å². The highest BCUT2D eigenvalue weighted by Crippen LogP contribution is 2.47. The van der Waals surface area contributed by atoms with Crippen LogP contribution in [0.15, 0.2) is 77.7 Å². The molecule has 4 rings (SSSR count). The summed E-state index contributed by atoms with van der Waals surface area (Å²) in [6, 6.07) is 20.8. The number of nitrogens with one attached hydrogen (secondary N) is 1. The summed E-state index contributed by atoms with van der Waals surface area (Å²) in [4.78, 5) is 13.1. The van der Waals surface area contributed by atoms with Crippen LogP contribution in [0.1, 0.15) is 56.1 Å². The molecule has 190 valence electrons. The number of hydrogen-bond donors (Lipinski definition) is 1. The number of benzene rings is 3. The van der Waals surface area contributed by atoms with Crippen molar-refractivity contribution >= 4 is 21.7 Å². The molecular weight excluding hydrogens is 476 g/mol. The van der Waals surface area contributed by atoms with Gasteiger partial charge in [0.1, 0.15) is 17.5 Å². The van der Waals surface area contributed by atoms with E-state index in [4.69, 9.17) is 9.47 Å². The molecule has 8 heteroatoms. The maximum absolute atomic E-state index is 14.1. The molecule has 0 saturated carbocycles. The van der Waals surface area contributed by atoms with Crippen LogP contribution in [-0.2, 0) is 19.6 Å². The van der Waals surface area contributed by atoms with Crippen LogP contribution in [0.25, 0.3) is 0 Å². The van der Waals surface area contributed by atoms with Crippen LogP contribution in [0.5, 0.6) is 5.75 Å². The molecule has 0 aromatic heterocycles. The van der Waals surface area contributed by atoms with Crippen molar-refractivity contribution in [3.63, 3.8) is 0 Å². The predicted octanol–water partition coefficient (Wildman–Crippen LogP) is 5.59. The lowest BCUT2D eigenvalue weighted by atomic mass is 10.0. The van der Waals surface area contributed by atoms with Gasteiger partial charge in [-0.25, -0.2) is 8.42 Å². The first-order valence-corrected chi connectivity index (χ1v) is 13.2. The average molecular weight is 509 g/mol. The SMILES string of the molecule is COc1ccc(N[C@H]2c3ccccc3[C@@H](CC(=O)OC(C)(C)C)N2S(=O)(=O)c2ccc(C)cc2)cc1. The Bertz CT molecular complexity index is 1330. The molecule has 0 aliphatic carbocycles. The Labute approximate surface area is 213 Å². The van der Waals surface area contributed by atoms with Crippen LogP contribution in [0.2, 0.25) is 0 Å². The number of ether oxygens (including phenoxy) is 2. The zero-order valence-electron chi connectivity index (χ0n) is 21.2. The molecule has 0 spiro atoms. The fourth-order valence-corrected chi connectivity index (χ4v) is 6.07. The van der Waals surface area contributed by atoms with Crippen LogP contribution in [0.4, 0.5) is 5.69 Å². The topological polar surface area (TPSA) is 84.9 Å². The molecule has 0 bridgehead atoms. The normalized spacial score (nSPS) is 17.9. The standard InChI is InChI=1S/C28H32N2O5S/c1-19-10-16-22(17-11-19)36(32,33)30-25(18-26(31)35-28(2,3)4)23-8-6-7-9-24(23)27(30)29-20-12-14-21(34-5)15-13-20/h6-17,25,27,29H,18H2,1-5H3/t25-,27-/m1/s1. The number of sulfonamides is 1. The Balaban J connectivity index is 1.80. The first-order valence-electron chi connectivity index (χ1n) is 11.8. The Morgan fingerprint density at radius 1 is 0.944 bits per heavy atom. The van der Waals surface area contributed by atoms with Crippen molar-refractivity contribution in [3.05, 3.63) is 89.5 Å².